The van der Waals surface area contributed by atoms with Gasteiger partial charge in [-0.25, -0.2) is 0 Å². The molecule has 0 fully saturated rings. The van der Waals surface area contributed by atoms with E-state index in [1.807, 2.05) is 0 Å². The molecule has 0 aromatic heterocycles. The van der Waals surface area contributed by atoms with Gasteiger partial charge in [0, 0.05) is 23.8 Å². The zero-order valence-electron chi connectivity index (χ0n) is 12.4. The van der Waals surface area contributed by atoms with E-state index in [-0.39, 0.29) is 13.1 Å². The molecule has 0 heterocycles. The van der Waals surface area contributed by atoms with Crippen LogP contribution in [0.1, 0.15) is 0 Å². The number of rotatable bonds is 9. The molecule has 0 saturated carbocycles. The smallest absolute Gasteiger partial charge is 0.267 e. The normalized spacial score (nSPS) is 15.0. The van der Waals surface area contributed by atoms with E-state index < -0.39 is 43.9 Å². The molecule has 0 aliphatic carbocycles. The van der Waals surface area contributed by atoms with Gasteiger partial charge in [0.2, 0.25) is 0 Å². The first-order valence-electron chi connectivity index (χ1n) is 6.62. The van der Waals surface area contributed by atoms with Gasteiger partial charge in [-0.05, 0) is 18.2 Å². The fraction of sp³-hybridized carbons (Fsp3) is 0.500. The van der Waals surface area contributed by atoms with Crippen LogP contribution in [0.3, 0.4) is 0 Å². The molecule has 1 rings (SSSR count). The van der Waals surface area contributed by atoms with Crippen LogP contribution in [-0.4, -0.2) is 73.0 Å². The Hall–Kier alpha value is -0.950. The van der Waals surface area contributed by atoms with Crippen LogP contribution in [0, 0.1) is 0 Å². The van der Waals surface area contributed by atoms with Crippen molar-refractivity contribution in [1.29, 1.82) is 0 Å². The van der Waals surface area contributed by atoms with Crippen molar-refractivity contribution < 1.29 is 36.2 Å². The highest BCUT2D eigenvalue weighted by molar-refractivity contribution is 7.86. The molecule has 0 aliphatic rings. The Morgan fingerprint density at radius 1 is 0.958 bits per heavy atom. The number of aliphatic hydroxyl groups excluding tert-OH is 2. The van der Waals surface area contributed by atoms with Gasteiger partial charge in [-0.2, -0.15) is 16.8 Å². The number of benzene rings is 1. The molecule has 1 aromatic rings. The Bertz CT molecular complexity index is 710. The fourth-order valence-corrected chi connectivity index (χ4v) is 3.43. The lowest BCUT2D eigenvalue weighted by molar-refractivity contribution is 0.178. The zero-order valence-corrected chi connectivity index (χ0v) is 14.7. The monoisotopic (exact) mass is 403 g/mol. The quantitative estimate of drug-likeness (QED) is 0.405. The maximum absolute atomic E-state index is 10.8. The van der Waals surface area contributed by atoms with E-state index in [1.165, 1.54) is 11.0 Å². The van der Waals surface area contributed by atoms with E-state index in [2.05, 4.69) is 0 Å². The van der Waals surface area contributed by atoms with Crippen molar-refractivity contribution in [2.24, 2.45) is 0 Å². The van der Waals surface area contributed by atoms with Gasteiger partial charge >= 0.3 is 0 Å². The third-order valence-corrected chi connectivity index (χ3v) is 4.69. The molecule has 24 heavy (non-hydrogen) atoms. The molecular formula is C12H18ClNO8S2. The second-order valence-electron chi connectivity index (χ2n) is 5.19. The third kappa shape index (κ3) is 8.78. The van der Waals surface area contributed by atoms with Gasteiger partial charge in [0.1, 0.15) is 11.5 Å². The Morgan fingerprint density at radius 3 is 1.79 bits per heavy atom. The lowest BCUT2D eigenvalue weighted by Crippen LogP contribution is -2.42. The van der Waals surface area contributed by atoms with Gasteiger partial charge < -0.3 is 15.1 Å². The molecule has 0 spiro atoms. The Balaban J connectivity index is 2.95. The van der Waals surface area contributed by atoms with E-state index in [0.29, 0.717) is 10.7 Å². The first kappa shape index (κ1) is 21.1. The molecule has 0 saturated heterocycles. The van der Waals surface area contributed by atoms with Crippen LogP contribution < -0.4 is 4.90 Å². The second-order valence-corrected chi connectivity index (χ2v) is 8.62. The molecular weight excluding hydrogens is 386 g/mol. The van der Waals surface area contributed by atoms with Crippen molar-refractivity contribution in [3.8, 4) is 0 Å². The molecule has 0 radical (unpaired) electrons. The summed E-state index contributed by atoms with van der Waals surface area (Å²) in [6.07, 6.45) is -3.01. The van der Waals surface area contributed by atoms with Gasteiger partial charge in [-0.3, -0.25) is 9.11 Å². The lowest BCUT2D eigenvalue weighted by atomic mass is 10.2. The summed E-state index contributed by atoms with van der Waals surface area (Å²) in [7, 11) is -8.84. The molecule has 0 aliphatic heterocycles. The molecule has 4 N–H and O–H groups in total. The average Bonchev–Trinajstić information content (AvgIpc) is 2.33. The van der Waals surface area contributed by atoms with Crippen LogP contribution in [0.2, 0.25) is 5.02 Å². The predicted octanol–water partition coefficient (Wildman–Crippen LogP) is -0.356. The van der Waals surface area contributed by atoms with Crippen molar-refractivity contribution >= 4 is 37.5 Å². The van der Waals surface area contributed by atoms with E-state index in [0.717, 1.165) is 0 Å². The Kier molecular flexibility index (Phi) is 7.41. The summed E-state index contributed by atoms with van der Waals surface area (Å²) in [5.74, 6) is -1.86. The summed E-state index contributed by atoms with van der Waals surface area (Å²) >= 11 is 5.85. The van der Waals surface area contributed by atoms with Crippen LogP contribution in [-0.2, 0) is 20.2 Å². The molecule has 138 valence electrons. The van der Waals surface area contributed by atoms with Crippen LogP contribution in [0.5, 0.6) is 0 Å². The third-order valence-electron chi connectivity index (χ3n) is 2.84. The maximum Gasteiger partial charge on any atom is 0.267 e. The summed E-state index contributed by atoms with van der Waals surface area (Å²) in [5.41, 5.74) is 0.381. The minimum atomic E-state index is -4.42. The highest BCUT2D eigenvalue weighted by Crippen LogP contribution is 2.20. The molecule has 0 unspecified atom stereocenters. The van der Waals surface area contributed by atoms with Crippen LogP contribution in [0.15, 0.2) is 24.3 Å². The molecule has 9 nitrogen and oxygen atoms in total. The van der Waals surface area contributed by atoms with E-state index >= 15 is 0 Å². The van der Waals surface area contributed by atoms with Crippen molar-refractivity contribution in [2.45, 2.75) is 12.2 Å². The highest BCUT2D eigenvalue weighted by Gasteiger charge is 2.22. The summed E-state index contributed by atoms with van der Waals surface area (Å²) in [6, 6.07) is 6.13. The van der Waals surface area contributed by atoms with Crippen molar-refractivity contribution in [3.05, 3.63) is 29.3 Å². The van der Waals surface area contributed by atoms with E-state index in [1.54, 1.807) is 18.2 Å². The fourth-order valence-electron chi connectivity index (χ4n) is 2.06. The Morgan fingerprint density at radius 2 is 1.42 bits per heavy atom. The standard InChI is InChI=1S/C12H18ClNO8S2/c13-9-2-1-3-10(4-9)14(5-11(15)7-23(17,18)19)6-12(16)8-24(20,21)22/h1-4,11-12,15-16H,5-8H2,(H,17,18,19)(H,20,21,22)/t11-,12-/m1/s1. The topological polar surface area (TPSA) is 152 Å². The van der Waals surface area contributed by atoms with E-state index in [4.69, 9.17) is 20.7 Å². The minimum Gasteiger partial charge on any atom is -0.390 e. The number of aliphatic hydroxyl groups is 2. The van der Waals surface area contributed by atoms with Gasteiger partial charge in [0.25, 0.3) is 20.2 Å². The van der Waals surface area contributed by atoms with Crippen molar-refractivity contribution in [1.82, 2.24) is 0 Å². The van der Waals surface area contributed by atoms with Gasteiger partial charge in [0.15, 0.2) is 0 Å². The van der Waals surface area contributed by atoms with Crippen LogP contribution >= 0.6 is 11.6 Å². The van der Waals surface area contributed by atoms with Gasteiger partial charge in [-0.15, -0.1) is 0 Å². The van der Waals surface area contributed by atoms with Crippen LogP contribution in [0.4, 0.5) is 5.69 Å². The molecule has 2 atom stereocenters. The first-order chi connectivity index (χ1) is 10.9. The summed E-state index contributed by atoms with van der Waals surface area (Å²) in [6.45, 7) is -0.661. The predicted molar refractivity (Wildman–Crippen MR) is 88.5 cm³/mol. The van der Waals surface area contributed by atoms with Crippen LogP contribution in [0.25, 0.3) is 0 Å². The summed E-state index contributed by atoms with van der Waals surface area (Å²) in [4.78, 5) is 1.29. The van der Waals surface area contributed by atoms with Gasteiger partial charge in [-0.1, -0.05) is 17.7 Å². The van der Waals surface area contributed by atoms with Crippen molar-refractivity contribution in [3.63, 3.8) is 0 Å². The van der Waals surface area contributed by atoms with E-state index in [9.17, 15) is 27.0 Å². The minimum absolute atomic E-state index is 0.325. The second kappa shape index (κ2) is 8.43. The molecule has 0 bridgehead atoms. The maximum atomic E-state index is 10.8. The number of anilines is 1. The molecule has 12 heteroatoms. The Labute approximate surface area is 145 Å². The van der Waals surface area contributed by atoms with Gasteiger partial charge in [0.05, 0.1) is 12.2 Å². The number of halogens is 1. The lowest BCUT2D eigenvalue weighted by Gasteiger charge is -2.29. The molecule has 1 aromatic carbocycles. The number of hydrogen-bond acceptors (Lipinski definition) is 7. The zero-order chi connectivity index (χ0) is 18.5. The van der Waals surface area contributed by atoms with Crippen molar-refractivity contribution in [2.75, 3.05) is 29.5 Å². The SMILES string of the molecule is O=S(=O)(O)C[C@H](O)CN(C[C@@H](O)CS(=O)(=O)O)c1cccc(Cl)c1. The number of hydrogen-bond donors (Lipinski definition) is 4. The summed E-state index contributed by atoms with van der Waals surface area (Å²) < 4.78 is 60.8. The highest BCUT2D eigenvalue weighted by atomic mass is 35.5. The molecule has 0 amide bonds. The summed E-state index contributed by atoms with van der Waals surface area (Å²) in [5, 5.41) is 19.9. The number of nitrogens with zero attached hydrogens (tertiary/aromatic N) is 1. The largest absolute Gasteiger partial charge is 0.390 e. The first-order valence-corrected chi connectivity index (χ1v) is 10.2. The average molecular weight is 404 g/mol.